The van der Waals surface area contributed by atoms with Gasteiger partial charge in [0.25, 0.3) is 0 Å². The van der Waals surface area contributed by atoms with Crippen molar-refractivity contribution in [2.24, 2.45) is 0 Å². The monoisotopic (exact) mass is 339 g/mol. The Kier molecular flexibility index (Phi) is 3.93. The number of rotatable bonds is 3. The number of benzene rings is 1. The number of fused-ring (bicyclic) bond motifs is 1. The minimum Gasteiger partial charge on any atom is -0.364 e. The van der Waals surface area contributed by atoms with E-state index in [0.717, 1.165) is 17.8 Å². The van der Waals surface area contributed by atoms with E-state index in [-0.39, 0.29) is 5.43 Å². The summed E-state index contributed by atoms with van der Waals surface area (Å²) in [4.78, 5) is 21.7. The smallest absolute Gasteiger partial charge is 0.364 e. The van der Waals surface area contributed by atoms with E-state index in [1.54, 1.807) is 13.1 Å². The van der Waals surface area contributed by atoms with Gasteiger partial charge in [-0.2, -0.15) is 13.2 Å². The lowest BCUT2D eigenvalue weighted by atomic mass is 10.2. The quantitative estimate of drug-likeness (QED) is 0.712. The van der Waals surface area contributed by atoms with Gasteiger partial charge in [-0.25, -0.2) is 4.98 Å². The highest BCUT2D eigenvalue weighted by Gasteiger charge is 2.30. The molecule has 0 atom stereocenters. The Morgan fingerprint density at radius 3 is 2.78 bits per heavy atom. The molecule has 0 saturated heterocycles. The second kappa shape index (κ2) is 5.77. The third kappa shape index (κ3) is 3.26. The van der Waals surface area contributed by atoms with E-state index in [1.807, 2.05) is 0 Å². The summed E-state index contributed by atoms with van der Waals surface area (Å²) in [5.74, 6) is 0.466. The molecule has 8 heteroatoms. The first-order chi connectivity index (χ1) is 10.8. The van der Waals surface area contributed by atoms with Crippen molar-refractivity contribution in [1.82, 2.24) is 15.0 Å². The number of aromatic amines is 2. The van der Waals surface area contributed by atoms with E-state index in [9.17, 15) is 18.0 Å². The molecule has 120 valence electrons. The van der Waals surface area contributed by atoms with Crippen LogP contribution in [0.3, 0.4) is 0 Å². The van der Waals surface area contributed by atoms with Crippen LogP contribution in [0.2, 0.25) is 0 Å². The Labute approximate surface area is 133 Å². The Morgan fingerprint density at radius 2 is 2.04 bits per heavy atom. The zero-order valence-corrected chi connectivity index (χ0v) is 12.8. The molecule has 1 aromatic carbocycles. The van der Waals surface area contributed by atoms with Crippen molar-refractivity contribution in [2.45, 2.75) is 24.0 Å². The molecule has 2 heterocycles. The molecule has 0 fully saturated rings. The SMILES string of the molecule is Cc1c(CSc2nc3ccc(C(F)(F)F)cc3[nH]2)[nH]ccc1=O. The highest BCUT2D eigenvalue weighted by atomic mass is 32.2. The largest absolute Gasteiger partial charge is 0.416 e. The summed E-state index contributed by atoms with van der Waals surface area (Å²) < 4.78 is 38.1. The maximum Gasteiger partial charge on any atom is 0.416 e. The van der Waals surface area contributed by atoms with Gasteiger partial charge in [-0.15, -0.1) is 0 Å². The first kappa shape index (κ1) is 15.7. The van der Waals surface area contributed by atoms with Gasteiger partial charge in [0.1, 0.15) is 0 Å². The molecule has 0 unspecified atom stereocenters. The van der Waals surface area contributed by atoms with Crippen LogP contribution in [0.25, 0.3) is 11.0 Å². The van der Waals surface area contributed by atoms with Crippen molar-refractivity contribution in [3.63, 3.8) is 0 Å². The fraction of sp³-hybridized carbons (Fsp3) is 0.200. The normalized spacial score (nSPS) is 12.0. The third-order valence-corrected chi connectivity index (χ3v) is 4.36. The molecule has 2 N–H and O–H groups in total. The predicted octanol–water partition coefficient (Wildman–Crippen LogP) is 3.87. The van der Waals surface area contributed by atoms with Gasteiger partial charge in [0.05, 0.1) is 16.6 Å². The van der Waals surface area contributed by atoms with Crippen LogP contribution in [0.15, 0.2) is 40.4 Å². The lowest BCUT2D eigenvalue weighted by Crippen LogP contribution is -2.07. The molecule has 0 bridgehead atoms. The van der Waals surface area contributed by atoms with E-state index < -0.39 is 11.7 Å². The van der Waals surface area contributed by atoms with Crippen molar-refractivity contribution < 1.29 is 13.2 Å². The zero-order chi connectivity index (χ0) is 16.6. The van der Waals surface area contributed by atoms with E-state index in [2.05, 4.69) is 15.0 Å². The van der Waals surface area contributed by atoms with Crippen LogP contribution in [-0.2, 0) is 11.9 Å². The fourth-order valence-electron chi connectivity index (χ4n) is 2.12. The molecule has 0 radical (unpaired) electrons. The van der Waals surface area contributed by atoms with E-state index in [0.29, 0.717) is 27.5 Å². The number of imidazole rings is 1. The number of H-pyrrole nitrogens is 2. The van der Waals surface area contributed by atoms with E-state index >= 15 is 0 Å². The van der Waals surface area contributed by atoms with E-state index in [4.69, 9.17) is 0 Å². The molecule has 3 aromatic rings. The average molecular weight is 339 g/mol. The highest BCUT2D eigenvalue weighted by Crippen LogP contribution is 2.31. The van der Waals surface area contributed by atoms with Gasteiger partial charge in [-0.05, 0) is 25.1 Å². The average Bonchev–Trinajstić information content (AvgIpc) is 2.89. The summed E-state index contributed by atoms with van der Waals surface area (Å²) in [7, 11) is 0. The van der Waals surface area contributed by atoms with Crippen molar-refractivity contribution in [3.8, 4) is 0 Å². The molecule has 0 saturated carbocycles. The Morgan fingerprint density at radius 1 is 1.26 bits per heavy atom. The van der Waals surface area contributed by atoms with E-state index in [1.165, 1.54) is 23.9 Å². The zero-order valence-electron chi connectivity index (χ0n) is 12.0. The summed E-state index contributed by atoms with van der Waals surface area (Å²) in [6.07, 6.45) is -2.81. The molecule has 0 aliphatic carbocycles. The topological polar surface area (TPSA) is 61.5 Å². The summed E-state index contributed by atoms with van der Waals surface area (Å²) in [5, 5.41) is 0.503. The number of alkyl halides is 3. The highest BCUT2D eigenvalue weighted by molar-refractivity contribution is 7.98. The second-order valence-electron chi connectivity index (χ2n) is 5.01. The number of hydrogen-bond donors (Lipinski definition) is 2. The molecule has 2 aromatic heterocycles. The Bertz CT molecular complexity index is 914. The molecule has 0 spiro atoms. The molecule has 4 nitrogen and oxygen atoms in total. The Hall–Kier alpha value is -2.22. The molecule has 3 rings (SSSR count). The summed E-state index contributed by atoms with van der Waals surface area (Å²) >= 11 is 1.32. The van der Waals surface area contributed by atoms with Crippen molar-refractivity contribution in [3.05, 3.63) is 57.5 Å². The lowest BCUT2D eigenvalue weighted by Gasteiger charge is -2.05. The first-order valence-corrected chi connectivity index (χ1v) is 7.70. The lowest BCUT2D eigenvalue weighted by molar-refractivity contribution is -0.137. The third-order valence-electron chi connectivity index (χ3n) is 3.46. The molecule has 23 heavy (non-hydrogen) atoms. The van der Waals surface area contributed by atoms with Crippen LogP contribution in [0.1, 0.15) is 16.8 Å². The molecule has 0 aliphatic rings. The van der Waals surface area contributed by atoms with Crippen LogP contribution < -0.4 is 5.43 Å². The van der Waals surface area contributed by atoms with Gasteiger partial charge in [-0.3, -0.25) is 4.79 Å². The fourth-order valence-corrected chi connectivity index (χ4v) is 3.05. The van der Waals surface area contributed by atoms with Gasteiger partial charge >= 0.3 is 6.18 Å². The number of aromatic nitrogens is 3. The number of pyridine rings is 1. The van der Waals surface area contributed by atoms with Gasteiger partial charge in [0.15, 0.2) is 10.6 Å². The number of hydrogen-bond acceptors (Lipinski definition) is 3. The standard InChI is InChI=1S/C15H12F3N3OS/c1-8-12(19-5-4-13(8)22)7-23-14-20-10-3-2-9(15(16,17)18)6-11(10)21-14/h2-6H,7H2,1H3,(H,19,22)(H,20,21). The van der Waals surface area contributed by atoms with Gasteiger partial charge in [-0.1, -0.05) is 11.8 Å². The number of thioether (sulfide) groups is 1. The molecule has 0 amide bonds. The molecular formula is C15H12F3N3OS. The van der Waals surface area contributed by atoms with Crippen LogP contribution in [-0.4, -0.2) is 15.0 Å². The van der Waals surface area contributed by atoms with Crippen molar-refractivity contribution in [1.29, 1.82) is 0 Å². The molecule has 0 aliphatic heterocycles. The predicted molar refractivity (Wildman–Crippen MR) is 82.5 cm³/mol. The van der Waals surface area contributed by atoms with Crippen molar-refractivity contribution >= 4 is 22.8 Å². The summed E-state index contributed by atoms with van der Waals surface area (Å²) in [6, 6.07) is 4.84. The van der Waals surface area contributed by atoms with Gasteiger partial charge in [0, 0.05) is 29.3 Å². The molecular weight excluding hydrogens is 327 g/mol. The maximum atomic E-state index is 12.7. The van der Waals surface area contributed by atoms with Crippen molar-refractivity contribution in [2.75, 3.05) is 0 Å². The Balaban J connectivity index is 1.84. The van der Waals surface area contributed by atoms with Crippen LogP contribution in [0, 0.1) is 6.92 Å². The van der Waals surface area contributed by atoms with Crippen LogP contribution in [0.4, 0.5) is 13.2 Å². The minimum absolute atomic E-state index is 0.0567. The van der Waals surface area contributed by atoms with Crippen LogP contribution in [0.5, 0.6) is 0 Å². The first-order valence-electron chi connectivity index (χ1n) is 6.71. The summed E-state index contributed by atoms with van der Waals surface area (Å²) in [5.41, 5.74) is 1.42. The van der Waals surface area contributed by atoms with Gasteiger partial charge in [0.2, 0.25) is 0 Å². The number of nitrogens with zero attached hydrogens (tertiary/aromatic N) is 1. The number of halogens is 3. The van der Waals surface area contributed by atoms with Gasteiger partial charge < -0.3 is 9.97 Å². The number of nitrogens with one attached hydrogen (secondary N) is 2. The summed E-state index contributed by atoms with van der Waals surface area (Å²) in [6.45, 7) is 1.73. The second-order valence-corrected chi connectivity index (χ2v) is 5.97. The minimum atomic E-state index is -4.38. The van der Waals surface area contributed by atoms with Crippen LogP contribution >= 0.6 is 11.8 Å². The maximum absolute atomic E-state index is 12.7.